The Labute approximate surface area is 117 Å². The minimum absolute atomic E-state index is 0.244. The monoisotopic (exact) mass is 278 g/mol. The van der Waals surface area contributed by atoms with Crippen molar-refractivity contribution in [3.8, 4) is 0 Å². The predicted molar refractivity (Wildman–Crippen MR) is 72.4 cm³/mol. The number of carbonyl (C=O) groups excluding carboxylic acids is 2. The summed E-state index contributed by atoms with van der Waals surface area (Å²) >= 11 is 0. The van der Waals surface area contributed by atoms with Gasteiger partial charge in [0.1, 0.15) is 0 Å². The number of methoxy groups -OCH3 is 2. The Morgan fingerprint density at radius 1 is 1.30 bits per heavy atom. The Kier molecular flexibility index (Phi) is 4.45. The van der Waals surface area contributed by atoms with Crippen molar-refractivity contribution in [3.63, 3.8) is 0 Å². The molecule has 20 heavy (non-hydrogen) atoms. The van der Waals surface area contributed by atoms with E-state index in [0.29, 0.717) is 13.1 Å². The Morgan fingerprint density at radius 2 is 2.05 bits per heavy atom. The maximum atomic E-state index is 11.9. The van der Waals surface area contributed by atoms with E-state index in [1.807, 2.05) is 24.3 Å². The van der Waals surface area contributed by atoms with Crippen LogP contribution in [0.5, 0.6) is 0 Å². The second kappa shape index (κ2) is 6.27. The van der Waals surface area contributed by atoms with Crippen LogP contribution in [0.2, 0.25) is 0 Å². The Bertz CT molecular complexity index is 504. The number of ether oxygens (including phenoxy) is 2. The van der Waals surface area contributed by atoms with Gasteiger partial charge in [-0.15, -0.1) is 0 Å². The van der Waals surface area contributed by atoms with Crippen LogP contribution in [0.15, 0.2) is 24.3 Å². The van der Waals surface area contributed by atoms with E-state index in [-0.39, 0.29) is 6.04 Å². The van der Waals surface area contributed by atoms with Crippen molar-refractivity contribution in [2.45, 2.75) is 12.5 Å². The molecule has 0 aliphatic carbocycles. The van der Waals surface area contributed by atoms with E-state index in [1.165, 1.54) is 19.8 Å². The third kappa shape index (κ3) is 2.84. The minimum atomic E-state index is -0.516. The maximum absolute atomic E-state index is 11.9. The minimum Gasteiger partial charge on any atom is -0.453 e. The number of hydrogen-bond acceptors (Lipinski definition) is 4. The second-order valence-electron chi connectivity index (χ2n) is 4.50. The number of rotatable bonds is 2. The van der Waals surface area contributed by atoms with Gasteiger partial charge in [0.05, 0.1) is 20.3 Å². The largest absolute Gasteiger partial charge is 0.453 e. The lowest BCUT2D eigenvalue weighted by molar-refractivity contribution is 0.0987. The zero-order valence-corrected chi connectivity index (χ0v) is 11.6. The van der Waals surface area contributed by atoms with Gasteiger partial charge >= 0.3 is 12.2 Å². The van der Waals surface area contributed by atoms with Crippen LogP contribution in [0.1, 0.15) is 17.2 Å². The first kappa shape index (κ1) is 14.2. The maximum Gasteiger partial charge on any atom is 0.410 e. The smallest absolute Gasteiger partial charge is 0.410 e. The first-order valence-corrected chi connectivity index (χ1v) is 6.41. The van der Waals surface area contributed by atoms with Crippen molar-refractivity contribution < 1.29 is 19.1 Å². The molecule has 0 unspecified atom stereocenters. The summed E-state index contributed by atoms with van der Waals surface area (Å²) in [5.41, 5.74) is 2.21. The number of alkyl carbamates (subject to hydrolysis) is 1. The molecule has 2 rings (SSSR count). The molecule has 1 aromatic carbocycles. The van der Waals surface area contributed by atoms with Gasteiger partial charge in [0, 0.05) is 13.1 Å². The number of amides is 2. The highest BCUT2D eigenvalue weighted by Gasteiger charge is 2.31. The van der Waals surface area contributed by atoms with Gasteiger partial charge in [-0.3, -0.25) is 4.90 Å². The molecule has 1 heterocycles. The van der Waals surface area contributed by atoms with E-state index >= 15 is 0 Å². The topological polar surface area (TPSA) is 67.9 Å². The summed E-state index contributed by atoms with van der Waals surface area (Å²) in [5, 5.41) is 2.64. The molecule has 1 aromatic rings. The van der Waals surface area contributed by atoms with Crippen LogP contribution in [-0.4, -0.2) is 44.4 Å². The first-order chi connectivity index (χ1) is 9.67. The molecule has 0 bridgehead atoms. The molecule has 1 aliphatic rings. The van der Waals surface area contributed by atoms with Crippen LogP contribution in [-0.2, 0) is 15.9 Å². The fourth-order valence-electron chi connectivity index (χ4n) is 2.46. The lowest BCUT2D eigenvalue weighted by Crippen LogP contribution is -2.45. The second-order valence-corrected chi connectivity index (χ2v) is 4.50. The zero-order valence-electron chi connectivity index (χ0n) is 11.6. The molecule has 0 fully saturated rings. The van der Waals surface area contributed by atoms with Crippen LogP contribution < -0.4 is 5.32 Å². The van der Waals surface area contributed by atoms with E-state index in [4.69, 9.17) is 4.74 Å². The van der Waals surface area contributed by atoms with Gasteiger partial charge in [-0.2, -0.15) is 0 Å². The molecule has 0 aromatic heterocycles. The summed E-state index contributed by atoms with van der Waals surface area (Å²) in [5.74, 6) is 0. The number of nitrogens with one attached hydrogen (secondary N) is 1. The molecule has 108 valence electrons. The third-order valence-electron chi connectivity index (χ3n) is 3.45. The standard InChI is InChI=1S/C14H18N2O4/c1-19-13(17)15-9-12-11-6-4-3-5-10(11)7-8-16(12)14(18)20-2/h3-6,12H,7-9H2,1-2H3,(H,15,17)/t12-/m0/s1. The van der Waals surface area contributed by atoms with Gasteiger partial charge in [0.25, 0.3) is 0 Å². The molecule has 0 spiro atoms. The van der Waals surface area contributed by atoms with E-state index in [0.717, 1.165) is 12.0 Å². The summed E-state index contributed by atoms with van der Waals surface area (Å²) in [6.45, 7) is 0.857. The molecular weight excluding hydrogens is 260 g/mol. The Morgan fingerprint density at radius 3 is 2.75 bits per heavy atom. The number of carbonyl (C=O) groups is 2. The van der Waals surface area contributed by atoms with E-state index < -0.39 is 12.2 Å². The highest BCUT2D eigenvalue weighted by atomic mass is 16.5. The van der Waals surface area contributed by atoms with Crippen molar-refractivity contribution in [1.82, 2.24) is 10.2 Å². The first-order valence-electron chi connectivity index (χ1n) is 6.41. The van der Waals surface area contributed by atoms with Crippen LogP contribution >= 0.6 is 0 Å². The van der Waals surface area contributed by atoms with Crippen molar-refractivity contribution in [2.24, 2.45) is 0 Å². The number of hydrogen-bond donors (Lipinski definition) is 1. The highest BCUT2D eigenvalue weighted by molar-refractivity contribution is 5.70. The van der Waals surface area contributed by atoms with Gasteiger partial charge in [-0.25, -0.2) is 9.59 Å². The zero-order chi connectivity index (χ0) is 14.5. The van der Waals surface area contributed by atoms with Crippen LogP contribution in [0.4, 0.5) is 9.59 Å². The number of benzene rings is 1. The lowest BCUT2D eigenvalue weighted by atomic mass is 9.93. The van der Waals surface area contributed by atoms with Crippen molar-refractivity contribution in [1.29, 1.82) is 0 Å². The summed E-state index contributed by atoms with van der Waals surface area (Å²) in [6, 6.07) is 7.65. The van der Waals surface area contributed by atoms with Crippen molar-refractivity contribution in [3.05, 3.63) is 35.4 Å². The van der Waals surface area contributed by atoms with E-state index in [2.05, 4.69) is 10.1 Å². The molecule has 1 atom stereocenters. The summed E-state index contributed by atoms with van der Waals surface area (Å²) in [4.78, 5) is 24.7. The summed E-state index contributed by atoms with van der Waals surface area (Å²) in [6.07, 6.45) is -0.131. The molecule has 2 amide bonds. The van der Waals surface area contributed by atoms with Gasteiger partial charge in [0.2, 0.25) is 0 Å². The Balaban J connectivity index is 2.23. The molecule has 0 saturated carbocycles. The van der Waals surface area contributed by atoms with Crippen molar-refractivity contribution in [2.75, 3.05) is 27.3 Å². The molecule has 6 heteroatoms. The van der Waals surface area contributed by atoms with Gasteiger partial charge in [-0.05, 0) is 17.5 Å². The summed E-state index contributed by atoms with van der Waals surface area (Å²) < 4.78 is 9.38. The fraction of sp³-hybridized carbons (Fsp3) is 0.429. The normalized spacial score (nSPS) is 17.1. The van der Waals surface area contributed by atoms with Gasteiger partial charge in [-0.1, -0.05) is 24.3 Å². The predicted octanol–water partition coefficient (Wildman–Crippen LogP) is 1.71. The Hall–Kier alpha value is -2.24. The fourth-order valence-corrected chi connectivity index (χ4v) is 2.46. The molecule has 6 nitrogen and oxygen atoms in total. The SMILES string of the molecule is COC(=O)NC[C@H]1c2ccccc2CCN1C(=O)OC. The third-order valence-corrected chi connectivity index (χ3v) is 3.45. The molecule has 0 saturated heterocycles. The summed E-state index contributed by atoms with van der Waals surface area (Å²) in [7, 11) is 2.66. The van der Waals surface area contributed by atoms with Gasteiger partial charge in [0.15, 0.2) is 0 Å². The van der Waals surface area contributed by atoms with Crippen LogP contribution in [0, 0.1) is 0 Å². The molecular formula is C14H18N2O4. The molecule has 1 N–H and O–H groups in total. The van der Waals surface area contributed by atoms with Crippen molar-refractivity contribution >= 4 is 12.2 Å². The highest BCUT2D eigenvalue weighted by Crippen LogP contribution is 2.29. The van der Waals surface area contributed by atoms with E-state index in [9.17, 15) is 9.59 Å². The molecule has 1 aliphatic heterocycles. The number of fused-ring (bicyclic) bond motifs is 1. The van der Waals surface area contributed by atoms with E-state index in [1.54, 1.807) is 4.90 Å². The van der Waals surface area contributed by atoms with Gasteiger partial charge < -0.3 is 14.8 Å². The van der Waals surface area contributed by atoms with Crippen LogP contribution in [0.25, 0.3) is 0 Å². The quantitative estimate of drug-likeness (QED) is 0.894. The average Bonchev–Trinajstić information content (AvgIpc) is 2.51. The lowest BCUT2D eigenvalue weighted by Gasteiger charge is -2.36. The number of nitrogens with zero attached hydrogens (tertiary/aromatic N) is 1. The van der Waals surface area contributed by atoms with Crippen LogP contribution in [0.3, 0.4) is 0 Å². The average molecular weight is 278 g/mol. The molecule has 0 radical (unpaired) electrons.